The van der Waals surface area contributed by atoms with Crippen LogP contribution >= 0.6 is 0 Å². The maximum Gasteiger partial charge on any atom is 0.351 e. The molecule has 1 amide bonds. The van der Waals surface area contributed by atoms with E-state index < -0.39 is 48.6 Å². The van der Waals surface area contributed by atoms with Gasteiger partial charge in [0.25, 0.3) is 0 Å². The van der Waals surface area contributed by atoms with Crippen LogP contribution in [0.5, 0.6) is 0 Å². The molecule has 2 heterocycles. The maximum absolute atomic E-state index is 14.2. The number of amides is 1. The van der Waals surface area contributed by atoms with E-state index in [4.69, 9.17) is 20.9 Å². The van der Waals surface area contributed by atoms with E-state index in [1.165, 1.54) is 6.92 Å². The second kappa shape index (κ2) is 7.39. The number of nitrogen functional groups attached to an aromatic ring is 1. The Balaban J connectivity index is 2.01. The highest BCUT2D eigenvalue weighted by atomic mass is 19.3. The largest absolute Gasteiger partial charge is 0.384 e. The van der Waals surface area contributed by atoms with Crippen LogP contribution in [-0.2, 0) is 14.3 Å². The summed E-state index contributed by atoms with van der Waals surface area (Å²) in [6.45, 7) is 0.721. The Kier molecular flexibility index (Phi) is 5.67. The number of halogens is 2. The SMILES string of the molecule is C[C@@H](N)C(=O)NCOC[C@@H]1O[C@H](n2ccc(N)nc2=O)C(F)(F)[C@H]1O. The van der Waals surface area contributed by atoms with Crippen molar-refractivity contribution in [3.05, 3.63) is 22.7 Å². The number of hydrogen-bond acceptors (Lipinski definition) is 8. The zero-order valence-corrected chi connectivity index (χ0v) is 13.3. The van der Waals surface area contributed by atoms with Gasteiger partial charge in [0.05, 0.1) is 12.6 Å². The molecule has 25 heavy (non-hydrogen) atoms. The smallest absolute Gasteiger partial charge is 0.351 e. The van der Waals surface area contributed by atoms with Gasteiger partial charge in [0.15, 0.2) is 6.10 Å². The summed E-state index contributed by atoms with van der Waals surface area (Å²) in [4.78, 5) is 26.3. The Morgan fingerprint density at radius 1 is 1.64 bits per heavy atom. The molecule has 0 radical (unpaired) electrons. The Hall–Kier alpha value is -2.15. The number of ether oxygens (including phenoxy) is 2. The van der Waals surface area contributed by atoms with E-state index in [9.17, 15) is 23.5 Å². The fraction of sp³-hybridized carbons (Fsp3) is 0.615. The number of rotatable bonds is 6. The fourth-order valence-corrected chi connectivity index (χ4v) is 2.17. The number of nitrogens with zero attached hydrogens (tertiary/aromatic N) is 2. The number of anilines is 1. The second-order valence-electron chi connectivity index (χ2n) is 5.53. The number of aliphatic hydroxyl groups excluding tert-OH is 1. The van der Waals surface area contributed by atoms with Crippen LogP contribution < -0.4 is 22.5 Å². The number of alkyl halides is 2. The Morgan fingerprint density at radius 2 is 2.32 bits per heavy atom. The second-order valence-corrected chi connectivity index (χ2v) is 5.53. The summed E-state index contributed by atoms with van der Waals surface area (Å²) in [5.74, 6) is -4.38. The van der Waals surface area contributed by atoms with E-state index in [2.05, 4.69) is 10.3 Å². The van der Waals surface area contributed by atoms with Gasteiger partial charge in [-0.1, -0.05) is 0 Å². The quantitative estimate of drug-likeness (QED) is 0.339. The molecular formula is C13H19F2N5O5. The molecule has 0 unspecified atom stereocenters. The van der Waals surface area contributed by atoms with E-state index in [1.807, 2.05) is 0 Å². The van der Waals surface area contributed by atoms with Crippen molar-refractivity contribution in [1.29, 1.82) is 0 Å². The minimum Gasteiger partial charge on any atom is -0.384 e. The van der Waals surface area contributed by atoms with Crippen LogP contribution in [-0.4, -0.2) is 58.1 Å². The predicted octanol–water partition coefficient (Wildman–Crippen LogP) is -1.84. The zero-order chi connectivity index (χ0) is 18.8. The van der Waals surface area contributed by atoms with E-state index in [0.717, 1.165) is 12.3 Å². The number of carbonyl (C=O) groups excluding carboxylic acids is 1. The van der Waals surface area contributed by atoms with Crippen LogP contribution in [0.2, 0.25) is 0 Å². The average molecular weight is 363 g/mol. The van der Waals surface area contributed by atoms with E-state index in [0.29, 0.717) is 4.57 Å². The summed E-state index contributed by atoms with van der Waals surface area (Å²) in [5, 5.41) is 12.1. The molecule has 4 atom stereocenters. The van der Waals surface area contributed by atoms with Crippen LogP contribution in [0.15, 0.2) is 17.1 Å². The summed E-state index contributed by atoms with van der Waals surface area (Å²) < 4.78 is 39.1. The molecule has 1 aliphatic rings. The molecule has 0 spiro atoms. The monoisotopic (exact) mass is 363 g/mol. The molecule has 12 heteroatoms. The highest BCUT2D eigenvalue weighted by Gasteiger charge is 2.59. The standard InChI is InChI=1S/C13H19F2N5O5/c1-6(16)10(22)18-5-24-4-7-9(21)13(14,15)11(25-7)20-3-2-8(17)19-12(20)23/h2-3,6-7,9,11,21H,4-5,16H2,1H3,(H,18,22)(H2,17,19,23)/t6-,7+,9+,11+/m1/s1. The first-order valence-electron chi connectivity index (χ1n) is 7.31. The number of nitrogens with two attached hydrogens (primary N) is 2. The van der Waals surface area contributed by atoms with Gasteiger partial charge in [-0.15, -0.1) is 0 Å². The first-order chi connectivity index (χ1) is 11.6. The van der Waals surface area contributed by atoms with Crippen LogP contribution in [0.1, 0.15) is 13.2 Å². The molecule has 6 N–H and O–H groups in total. The molecular weight excluding hydrogens is 344 g/mol. The summed E-state index contributed by atoms with van der Waals surface area (Å²) in [7, 11) is 0. The normalized spacial score (nSPS) is 26.4. The zero-order valence-electron chi connectivity index (χ0n) is 13.3. The van der Waals surface area contributed by atoms with E-state index in [1.54, 1.807) is 0 Å². The van der Waals surface area contributed by atoms with Crippen LogP contribution in [0.4, 0.5) is 14.6 Å². The Morgan fingerprint density at radius 3 is 2.92 bits per heavy atom. The predicted molar refractivity (Wildman–Crippen MR) is 80.4 cm³/mol. The molecule has 1 aliphatic heterocycles. The lowest BCUT2D eigenvalue weighted by Crippen LogP contribution is -2.42. The molecule has 0 aromatic carbocycles. The number of carbonyl (C=O) groups is 1. The molecule has 1 aromatic rings. The topological polar surface area (TPSA) is 155 Å². The van der Waals surface area contributed by atoms with Gasteiger partial charge >= 0.3 is 11.6 Å². The van der Waals surface area contributed by atoms with Crippen molar-refractivity contribution in [1.82, 2.24) is 14.9 Å². The lowest BCUT2D eigenvalue weighted by atomic mass is 10.1. The molecule has 140 valence electrons. The summed E-state index contributed by atoms with van der Waals surface area (Å²) in [6.07, 6.45) is -4.69. The van der Waals surface area contributed by atoms with E-state index >= 15 is 0 Å². The highest BCUT2D eigenvalue weighted by molar-refractivity contribution is 5.80. The van der Waals surface area contributed by atoms with Gasteiger partial charge in [-0.25, -0.2) is 4.79 Å². The van der Waals surface area contributed by atoms with Crippen molar-refractivity contribution in [2.24, 2.45) is 5.73 Å². The lowest BCUT2D eigenvalue weighted by molar-refractivity contribution is -0.141. The van der Waals surface area contributed by atoms with Gasteiger partial charge in [-0.3, -0.25) is 9.36 Å². The van der Waals surface area contributed by atoms with Gasteiger partial charge in [0, 0.05) is 6.20 Å². The molecule has 2 rings (SSSR count). The van der Waals surface area contributed by atoms with Gasteiger partial charge in [-0.05, 0) is 13.0 Å². The minimum atomic E-state index is -3.76. The maximum atomic E-state index is 14.2. The highest BCUT2D eigenvalue weighted by Crippen LogP contribution is 2.42. The number of aromatic nitrogens is 2. The van der Waals surface area contributed by atoms with Crippen molar-refractivity contribution in [2.75, 3.05) is 19.1 Å². The first-order valence-corrected chi connectivity index (χ1v) is 7.31. The molecule has 0 saturated carbocycles. The van der Waals surface area contributed by atoms with Crippen molar-refractivity contribution >= 4 is 11.7 Å². The molecule has 1 saturated heterocycles. The third kappa shape index (κ3) is 4.10. The lowest BCUT2D eigenvalue weighted by Gasteiger charge is -2.20. The summed E-state index contributed by atoms with van der Waals surface area (Å²) in [6, 6.07) is 0.399. The van der Waals surface area contributed by atoms with Crippen LogP contribution in [0, 0.1) is 0 Å². The van der Waals surface area contributed by atoms with Crippen molar-refractivity contribution in [2.45, 2.75) is 37.3 Å². The van der Waals surface area contributed by atoms with Crippen molar-refractivity contribution in [3.63, 3.8) is 0 Å². The minimum absolute atomic E-state index is 0.132. The average Bonchev–Trinajstić information content (AvgIpc) is 2.75. The summed E-state index contributed by atoms with van der Waals surface area (Å²) in [5.41, 5.74) is 9.60. The van der Waals surface area contributed by atoms with Gasteiger partial charge in [0.2, 0.25) is 12.1 Å². The number of nitrogens with one attached hydrogen (secondary N) is 1. The third-order valence-electron chi connectivity index (χ3n) is 3.53. The first kappa shape index (κ1) is 19.2. The molecule has 0 aliphatic carbocycles. The van der Waals surface area contributed by atoms with Crippen LogP contribution in [0.25, 0.3) is 0 Å². The third-order valence-corrected chi connectivity index (χ3v) is 3.53. The number of aliphatic hydroxyl groups is 1. The van der Waals surface area contributed by atoms with Crippen molar-refractivity contribution in [3.8, 4) is 0 Å². The van der Waals surface area contributed by atoms with Crippen molar-refractivity contribution < 1.29 is 28.2 Å². The van der Waals surface area contributed by atoms with E-state index in [-0.39, 0.29) is 12.5 Å². The Bertz CT molecular complexity index is 683. The molecule has 1 aromatic heterocycles. The Labute approximate surface area is 140 Å². The summed E-state index contributed by atoms with van der Waals surface area (Å²) >= 11 is 0. The molecule has 1 fully saturated rings. The van der Waals surface area contributed by atoms with Gasteiger partial charge in [0.1, 0.15) is 18.7 Å². The van der Waals surface area contributed by atoms with Crippen LogP contribution in [0.3, 0.4) is 0 Å². The molecule has 10 nitrogen and oxygen atoms in total. The number of hydrogen-bond donors (Lipinski definition) is 4. The van der Waals surface area contributed by atoms with Gasteiger partial charge < -0.3 is 31.4 Å². The molecule has 0 bridgehead atoms. The van der Waals surface area contributed by atoms with Gasteiger partial charge in [-0.2, -0.15) is 13.8 Å². The fourth-order valence-electron chi connectivity index (χ4n) is 2.17.